The monoisotopic (exact) mass is 382 g/mol. The number of hydrogen-bond acceptors (Lipinski definition) is 7. The molecule has 2 heterocycles. The molecule has 6 nitrogen and oxygen atoms in total. The Kier molecular flexibility index (Phi) is 4.93. The Balaban J connectivity index is 1.31. The highest BCUT2D eigenvalue weighted by Gasteiger charge is 2.28. The number of nitrogens with one attached hydrogen (secondary N) is 1. The molecule has 0 fully saturated rings. The minimum Gasteiger partial charge on any atom is -0.485 e. The fourth-order valence-electron chi connectivity index (χ4n) is 2.56. The van der Waals surface area contributed by atoms with Crippen LogP contribution in [0.1, 0.15) is 11.3 Å². The fraction of sp³-hybridized carbons (Fsp3) is 0.200. The van der Waals surface area contributed by atoms with E-state index in [1.54, 1.807) is 12.1 Å². The number of carbonyl (C=O) groups excluding carboxylic acids is 1. The molecule has 1 aromatic heterocycles. The van der Waals surface area contributed by atoms with Crippen molar-refractivity contribution in [1.29, 1.82) is 0 Å². The number of aromatic nitrogens is 1. The molecule has 27 heavy (non-hydrogen) atoms. The van der Waals surface area contributed by atoms with E-state index in [2.05, 4.69) is 10.3 Å². The Labute approximate surface area is 160 Å². The molecule has 0 unspecified atom stereocenters. The number of carbonyl (C=O) groups is 1. The number of benzene rings is 2. The molecule has 1 aliphatic heterocycles. The van der Waals surface area contributed by atoms with E-state index >= 15 is 0 Å². The first-order valence-corrected chi connectivity index (χ1v) is 9.38. The van der Waals surface area contributed by atoms with Gasteiger partial charge in [-0.3, -0.25) is 0 Å². The summed E-state index contributed by atoms with van der Waals surface area (Å²) in [6.07, 6.45) is -0.774. The van der Waals surface area contributed by atoms with Crippen LogP contribution in [0.25, 0.3) is 0 Å². The van der Waals surface area contributed by atoms with Gasteiger partial charge in [-0.15, -0.1) is 11.3 Å². The van der Waals surface area contributed by atoms with E-state index in [1.165, 1.54) is 16.9 Å². The van der Waals surface area contributed by atoms with Gasteiger partial charge in [0, 0.05) is 11.1 Å². The standard InChI is InChI=1S/C20H18N2O4S/c1-13-6-8-14(9-7-13)21-20-22-15(12-27-20)10-25-19(23)18-11-24-16-4-2-3-5-17(16)26-18/h2-9,12,18H,10-11H2,1H3,(H,21,22)/t18-/m0/s1. The lowest BCUT2D eigenvalue weighted by Crippen LogP contribution is -2.37. The Hall–Kier alpha value is -3.06. The van der Waals surface area contributed by atoms with Gasteiger partial charge in [0.1, 0.15) is 13.2 Å². The quantitative estimate of drug-likeness (QED) is 0.671. The highest BCUT2D eigenvalue weighted by molar-refractivity contribution is 7.13. The average molecular weight is 382 g/mol. The second-order valence-electron chi connectivity index (χ2n) is 6.11. The van der Waals surface area contributed by atoms with Gasteiger partial charge in [0.05, 0.1) is 5.69 Å². The number of thiazole rings is 1. The first-order valence-electron chi connectivity index (χ1n) is 8.50. The Morgan fingerprint density at radius 2 is 2.00 bits per heavy atom. The van der Waals surface area contributed by atoms with Crippen molar-refractivity contribution in [3.05, 3.63) is 65.2 Å². The lowest BCUT2D eigenvalue weighted by atomic mass is 10.2. The lowest BCUT2D eigenvalue weighted by molar-refractivity contribution is -0.156. The number of nitrogens with zero attached hydrogens (tertiary/aromatic N) is 1. The van der Waals surface area contributed by atoms with E-state index in [9.17, 15) is 4.79 Å². The van der Waals surface area contributed by atoms with E-state index in [0.717, 1.165) is 10.8 Å². The van der Waals surface area contributed by atoms with Crippen LogP contribution < -0.4 is 14.8 Å². The van der Waals surface area contributed by atoms with E-state index in [4.69, 9.17) is 14.2 Å². The van der Waals surface area contributed by atoms with Crippen LogP contribution in [0.3, 0.4) is 0 Å². The molecule has 0 amide bonds. The Bertz CT molecular complexity index is 939. The number of anilines is 2. The van der Waals surface area contributed by atoms with Gasteiger partial charge in [-0.05, 0) is 31.2 Å². The number of fused-ring (bicyclic) bond motifs is 1. The summed E-state index contributed by atoms with van der Waals surface area (Å²) in [7, 11) is 0. The Morgan fingerprint density at radius 3 is 2.81 bits per heavy atom. The number of esters is 1. The van der Waals surface area contributed by atoms with Crippen molar-refractivity contribution in [2.75, 3.05) is 11.9 Å². The van der Waals surface area contributed by atoms with Crippen LogP contribution in [0, 0.1) is 6.92 Å². The molecule has 1 N–H and O–H groups in total. The average Bonchev–Trinajstić information content (AvgIpc) is 3.15. The molecule has 4 rings (SSSR count). The smallest absolute Gasteiger partial charge is 0.351 e. The second kappa shape index (κ2) is 7.67. The van der Waals surface area contributed by atoms with Crippen molar-refractivity contribution < 1.29 is 19.0 Å². The topological polar surface area (TPSA) is 69.7 Å². The third kappa shape index (κ3) is 4.20. The van der Waals surface area contributed by atoms with Crippen molar-refractivity contribution in [2.24, 2.45) is 0 Å². The second-order valence-corrected chi connectivity index (χ2v) is 6.97. The number of ether oxygens (including phenoxy) is 3. The summed E-state index contributed by atoms with van der Waals surface area (Å²) in [5.74, 6) is 0.711. The van der Waals surface area contributed by atoms with Crippen LogP contribution in [0.5, 0.6) is 11.5 Å². The molecule has 0 bridgehead atoms. The fourth-order valence-corrected chi connectivity index (χ4v) is 3.28. The molecule has 138 valence electrons. The van der Waals surface area contributed by atoms with Crippen LogP contribution >= 0.6 is 11.3 Å². The molecular weight excluding hydrogens is 364 g/mol. The summed E-state index contributed by atoms with van der Waals surface area (Å²) in [5, 5.41) is 5.84. The zero-order chi connectivity index (χ0) is 18.6. The van der Waals surface area contributed by atoms with Crippen LogP contribution in [0.2, 0.25) is 0 Å². The molecule has 0 saturated carbocycles. The van der Waals surface area contributed by atoms with Gasteiger partial charge in [-0.2, -0.15) is 0 Å². The van der Waals surface area contributed by atoms with E-state index < -0.39 is 12.1 Å². The minimum atomic E-state index is -0.774. The molecule has 1 aliphatic rings. The molecule has 0 spiro atoms. The third-order valence-electron chi connectivity index (χ3n) is 3.99. The number of hydrogen-bond donors (Lipinski definition) is 1. The summed E-state index contributed by atoms with van der Waals surface area (Å²) in [5.41, 5.74) is 2.84. The van der Waals surface area contributed by atoms with Crippen molar-refractivity contribution >= 4 is 28.1 Å². The number of aryl methyl sites for hydroxylation is 1. The van der Waals surface area contributed by atoms with Gasteiger partial charge in [-0.1, -0.05) is 29.8 Å². The van der Waals surface area contributed by atoms with E-state index in [0.29, 0.717) is 17.2 Å². The predicted octanol–water partition coefficient (Wildman–Crippen LogP) is 4.08. The minimum absolute atomic E-state index is 0.0897. The molecule has 0 saturated heterocycles. The first kappa shape index (κ1) is 17.4. The normalized spacial score (nSPS) is 15.2. The number of para-hydroxylation sites is 2. The molecular formula is C20H18N2O4S. The van der Waals surface area contributed by atoms with Gasteiger partial charge in [-0.25, -0.2) is 9.78 Å². The molecule has 1 atom stereocenters. The van der Waals surface area contributed by atoms with Crippen LogP contribution in [0.15, 0.2) is 53.9 Å². The van der Waals surface area contributed by atoms with Crippen molar-refractivity contribution in [3.8, 4) is 11.5 Å². The van der Waals surface area contributed by atoms with Gasteiger partial charge in [0.2, 0.25) is 6.10 Å². The zero-order valence-electron chi connectivity index (χ0n) is 14.7. The molecule has 0 aliphatic carbocycles. The maximum absolute atomic E-state index is 12.2. The van der Waals surface area contributed by atoms with Crippen molar-refractivity contribution in [1.82, 2.24) is 4.98 Å². The highest BCUT2D eigenvalue weighted by Crippen LogP contribution is 2.31. The van der Waals surface area contributed by atoms with Gasteiger partial charge in [0.15, 0.2) is 16.6 Å². The Morgan fingerprint density at radius 1 is 1.22 bits per heavy atom. The summed E-state index contributed by atoms with van der Waals surface area (Å²) < 4.78 is 16.5. The summed E-state index contributed by atoms with van der Waals surface area (Å²) in [6.45, 7) is 2.26. The highest BCUT2D eigenvalue weighted by atomic mass is 32.1. The molecule has 2 aromatic carbocycles. The van der Waals surface area contributed by atoms with Crippen LogP contribution in [0.4, 0.5) is 10.8 Å². The SMILES string of the molecule is Cc1ccc(Nc2nc(COC(=O)[C@@H]3COc4ccccc4O3)cs2)cc1. The van der Waals surface area contributed by atoms with Gasteiger partial charge >= 0.3 is 5.97 Å². The van der Waals surface area contributed by atoms with Crippen LogP contribution in [-0.2, 0) is 16.1 Å². The van der Waals surface area contributed by atoms with E-state index in [1.807, 2.05) is 48.7 Å². The van der Waals surface area contributed by atoms with Gasteiger partial charge < -0.3 is 19.5 Å². The number of rotatable bonds is 5. The molecule has 3 aromatic rings. The largest absolute Gasteiger partial charge is 0.485 e. The van der Waals surface area contributed by atoms with E-state index in [-0.39, 0.29) is 13.2 Å². The first-order chi connectivity index (χ1) is 13.2. The zero-order valence-corrected chi connectivity index (χ0v) is 15.5. The lowest BCUT2D eigenvalue weighted by Gasteiger charge is -2.24. The molecule has 0 radical (unpaired) electrons. The van der Waals surface area contributed by atoms with Crippen molar-refractivity contribution in [2.45, 2.75) is 19.6 Å². The third-order valence-corrected chi connectivity index (χ3v) is 4.79. The summed E-state index contributed by atoms with van der Waals surface area (Å²) in [4.78, 5) is 16.7. The molecule has 7 heteroatoms. The van der Waals surface area contributed by atoms with Crippen molar-refractivity contribution in [3.63, 3.8) is 0 Å². The predicted molar refractivity (Wildman–Crippen MR) is 103 cm³/mol. The maximum Gasteiger partial charge on any atom is 0.351 e. The van der Waals surface area contributed by atoms with Gasteiger partial charge in [0.25, 0.3) is 0 Å². The maximum atomic E-state index is 12.2. The summed E-state index contributed by atoms with van der Waals surface area (Å²) >= 11 is 1.46. The summed E-state index contributed by atoms with van der Waals surface area (Å²) in [6, 6.07) is 15.3. The van der Waals surface area contributed by atoms with Crippen LogP contribution in [-0.4, -0.2) is 23.7 Å².